The van der Waals surface area contributed by atoms with Crippen LogP contribution in [0.2, 0.25) is 0 Å². The van der Waals surface area contributed by atoms with Gasteiger partial charge in [-0.2, -0.15) is 0 Å². The van der Waals surface area contributed by atoms with Crippen LogP contribution in [0.4, 0.5) is 0 Å². The summed E-state index contributed by atoms with van der Waals surface area (Å²) in [5.74, 6) is 0.649. The van der Waals surface area contributed by atoms with Crippen molar-refractivity contribution in [2.45, 2.75) is 12.5 Å². The number of hydrogen-bond donors (Lipinski definition) is 1. The van der Waals surface area contributed by atoms with Crippen molar-refractivity contribution in [3.63, 3.8) is 0 Å². The van der Waals surface area contributed by atoms with E-state index in [0.717, 1.165) is 0 Å². The highest BCUT2D eigenvalue weighted by molar-refractivity contribution is 5.30. The van der Waals surface area contributed by atoms with Gasteiger partial charge in [0.05, 0.1) is 7.11 Å². The van der Waals surface area contributed by atoms with Crippen LogP contribution in [0, 0.1) is 10.1 Å². The molecule has 1 atom stereocenters. The van der Waals surface area contributed by atoms with E-state index in [1.807, 2.05) is 0 Å². The van der Waals surface area contributed by atoms with Gasteiger partial charge in [-0.25, -0.2) is 0 Å². The van der Waals surface area contributed by atoms with Gasteiger partial charge in [0.25, 0.3) is 0 Å². The fourth-order valence-corrected chi connectivity index (χ4v) is 1.29. The molecule has 5 heteroatoms. The van der Waals surface area contributed by atoms with Crippen molar-refractivity contribution in [1.29, 1.82) is 0 Å². The van der Waals surface area contributed by atoms with Crippen molar-refractivity contribution < 1.29 is 14.8 Å². The first kappa shape index (κ1) is 11.5. The SMILES string of the molecule is COc1ccc([C@@](C)(O)C[N+](=O)[O-])cc1. The van der Waals surface area contributed by atoms with Crippen LogP contribution in [-0.2, 0) is 5.60 Å². The van der Waals surface area contributed by atoms with E-state index < -0.39 is 17.1 Å². The summed E-state index contributed by atoms with van der Waals surface area (Å²) in [6.45, 7) is 0.900. The van der Waals surface area contributed by atoms with Crippen molar-refractivity contribution >= 4 is 0 Å². The Morgan fingerprint density at radius 2 is 2.00 bits per heavy atom. The maximum atomic E-state index is 10.3. The minimum atomic E-state index is -1.45. The van der Waals surface area contributed by atoms with E-state index in [4.69, 9.17) is 4.74 Å². The van der Waals surface area contributed by atoms with Gasteiger partial charge in [-0.05, 0) is 24.6 Å². The molecule has 0 radical (unpaired) electrons. The van der Waals surface area contributed by atoms with E-state index >= 15 is 0 Å². The van der Waals surface area contributed by atoms with Crippen molar-refractivity contribution in [2.24, 2.45) is 0 Å². The minimum absolute atomic E-state index is 0.500. The lowest BCUT2D eigenvalue weighted by Gasteiger charge is -2.18. The van der Waals surface area contributed by atoms with Crippen molar-refractivity contribution in [1.82, 2.24) is 0 Å². The van der Waals surface area contributed by atoms with E-state index in [0.29, 0.717) is 11.3 Å². The average Bonchev–Trinajstić information content (AvgIpc) is 2.16. The Morgan fingerprint density at radius 1 is 1.47 bits per heavy atom. The van der Waals surface area contributed by atoms with Crippen LogP contribution < -0.4 is 4.74 Å². The Labute approximate surface area is 87.5 Å². The molecule has 0 heterocycles. The quantitative estimate of drug-likeness (QED) is 0.599. The molecule has 1 N–H and O–H groups in total. The molecule has 1 rings (SSSR count). The van der Waals surface area contributed by atoms with E-state index in [1.165, 1.54) is 14.0 Å². The van der Waals surface area contributed by atoms with Crippen LogP contribution in [0.3, 0.4) is 0 Å². The second kappa shape index (κ2) is 4.27. The summed E-state index contributed by atoms with van der Waals surface area (Å²) in [7, 11) is 1.53. The molecular formula is C10H13NO4. The molecular weight excluding hydrogens is 198 g/mol. The summed E-state index contributed by atoms with van der Waals surface area (Å²) in [6.07, 6.45) is 0. The van der Waals surface area contributed by atoms with Gasteiger partial charge < -0.3 is 9.84 Å². The Balaban J connectivity index is 2.89. The molecule has 1 aromatic rings. The predicted octanol–water partition coefficient (Wildman–Crippen LogP) is 1.18. The Bertz CT molecular complexity index is 345. The number of ether oxygens (including phenoxy) is 1. The maximum absolute atomic E-state index is 10.3. The van der Waals surface area contributed by atoms with Gasteiger partial charge in [-0.3, -0.25) is 10.1 Å². The van der Waals surface area contributed by atoms with Crippen LogP contribution in [0.15, 0.2) is 24.3 Å². The number of nitrogens with zero attached hydrogens (tertiary/aromatic N) is 1. The Kier molecular flexibility index (Phi) is 3.26. The van der Waals surface area contributed by atoms with Gasteiger partial charge >= 0.3 is 0 Å². The number of methoxy groups -OCH3 is 1. The lowest BCUT2D eigenvalue weighted by molar-refractivity contribution is -0.501. The van der Waals surface area contributed by atoms with E-state index in [9.17, 15) is 15.2 Å². The lowest BCUT2D eigenvalue weighted by atomic mass is 9.96. The molecule has 0 spiro atoms. The summed E-state index contributed by atoms with van der Waals surface area (Å²) in [5, 5.41) is 20.2. The fourth-order valence-electron chi connectivity index (χ4n) is 1.29. The number of nitro groups is 1. The zero-order chi connectivity index (χ0) is 11.5. The van der Waals surface area contributed by atoms with Gasteiger partial charge in [0.2, 0.25) is 6.54 Å². The molecule has 1 aromatic carbocycles. The minimum Gasteiger partial charge on any atom is -0.497 e. The third kappa shape index (κ3) is 2.92. The molecule has 0 saturated heterocycles. The summed E-state index contributed by atoms with van der Waals surface area (Å²) < 4.78 is 4.95. The summed E-state index contributed by atoms with van der Waals surface area (Å²) in [4.78, 5) is 9.79. The van der Waals surface area contributed by atoms with Crippen LogP contribution in [0.5, 0.6) is 5.75 Å². The topological polar surface area (TPSA) is 72.6 Å². The van der Waals surface area contributed by atoms with E-state index in [1.54, 1.807) is 24.3 Å². The third-order valence-electron chi connectivity index (χ3n) is 2.15. The van der Waals surface area contributed by atoms with Gasteiger partial charge in [-0.15, -0.1) is 0 Å². The molecule has 0 amide bonds. The van der Waals surface area contributed by atoms with Crippen LogP contribution >= 0.6 is 0 Å². The molecule has 15 heavy (non-hydrogen) atoms. The fraction of sp³-hybridized carbons (Fsp3) is 0.400. The monoisotopic (exact) mass is 211 g/mol. The number of rotatable bonds is 4. The van der Waals surface area contributed by atoms with Gasteiger partial charge in [0, 0.05) is 4.92 Å². The van der Waals surface area contributed by atoms with Crippen molar-refractivity contribution in [3.05, 3.63) is 39.9 Å². The van der Waals surface area contributed by atoms with Crippen LogP contribution in [0.25, 0.3) is 0 Å². The molecule has 0 unspecified atom stereocenters. The first-order valence-corrected chi connectivity index (χ1v) is 4.44. The summed E-state index contributed by atoms with van der Waals surface area (Å²) in [6, 6.07) is 6.54. The van der Waals surface area contributed by atoms with Crippen LogP contribution in [0.1, 0.15) is 12.5 Å². The second-order valence-corrected chi connectivity index (χ2v) is 3.49. The second-order valence-electron chi connectivity index (χ2n) is 3.49. The lowest BCUT2D eigenvalue weighted by Crippen LogP contribution is -2.30. The highest BCUT2D eigenvalue weighted by Gasteiger charge is 2.29. The first-order chi connectivity index (χ1) is 6.95. The van der Waals surface area contributed by atoms with Gasteiger partial charge in [-0.1, -0.05) is 12.1 Å². The van der Waals surface area contributed by atoms with Crippen molar-refractivity contribution in [3.8, 4) is 5.75 Å². The van der Waals surface area contributed by atoms with E-state index in [-0.39, 0.29) is 0 Å². The molecule has 0 fully saturated rings. The molecule has 0 aliphatic carbocycles. The highest BCUT2D eigenvalue weighted by Crippen LogP contribution is 2.23. The first-order valence-electron chi connectivity index (χ1n) is 4.44. The number of hydrogen-bond acceptors (Lipinski definition) is 4. The zero-order valence-electron chi connectivity index (χ0n) is 8.64. The van der Waals surface area contributed by atoms with E-state index in [2.05, 4.69) is 0 Å². The summed E-state index contributed by atoms with van der Waals surface area (Å²) >= 11 is 0. The zero-order valence-corrected chi connectivity index (χ0v) is 8.64. The normalized spacial score (nSPS) is 14.3. The van der Waals surface area contributed by atoms with Gasteiger partial charge in [0.1, 0.15) is 5.75 Å². The van der Waals surface area contributed by atoms with Crippen molar-refractivity contribution in [2.75, 3.05) is 13.7 Å². The molecule has 0 bridgehead atoms. The standard InChI is InChI=1S/C10H13NO4/c1-10(12,7-11(13)14)8-3-5-9(15-2)6-4-8/h3-6,12H,7H2,1-2H3/t10-/m0/s1. The summed E-state index contributed by atoms with van der Waals surface area (Å²) in [5.41, 5.74) is -0.949. The largest absolute Gasteiger partial charge is 0.497 e. The molecule has 0 aliphatic heterocycles. The number of aliphatic hydroxyl groups is 1. The molecule has 82 valence electrons. The van der Waals surface area contributed by atoms with Crippen LogP contribution in [-0.4, -0.2) is 23.7 Å². The molecule has 5 nitrogen and oxygen atoms in total. The third-order valence-corrected chi connectivity index (χ3v) is 2.15. The molecule has 0 saturated carbocycles. The Hall–Kier alpha value is -1.62. The van der Waals surface area contributed by atoms with Gasteiger partial charge in [0.15, 0.2) is 5.60 Å². The highest BCUT2D eigenvalue weighted by atomic mass is 16.6. The number of benzene rings is 1. The smallest absolute Gasteiger partial charge is 0.236 e. The Morgan fingerprint density at radius 3 is 2.40 bits per heavy atom. The predicted molar refractivity (Wildman–Crippen MR) is 54.4 cm³/mol. The average molecular weight is 211 g/mol. The maximum Gasteiger partial charge on any atom is 0.236 e. The molecule has 0 aliphatic rings. The molecule has 0 aromatic heterocycles.